The third-order valence-corrected chi connectivity index (χ3v) is 5.40. The molecule has 0 spiro atoms. The molecule has 0 saturated carbocycles. The molecule has 1 atom stereocenters. The van der Waals surface area contributed by atoms with E-state index in [9.17, 15) is 4.79 Å². The van der Waals surface area contributed by atoms with Gasteiger partial charge in [-0.2, -0.15) is 5.10 Å². The van der Waals surface area contributed by atoms with E-state index in [0.29, 0.717) is 6.42 Å². The molecule has 1 aromatic heterocycles. The summed E-state index contributed by atoms with van der Waals surface area (Å²) in [7, 11) is 1.66. The first-order valence-electron chi connectivity index (χ1n) is 9.28. The van der Waals surface area contributed by atoms with Gasteiger partial charge in [0, 0.05) is 34.9 Å². The zero-order chi connectivity index (χ0) is 19.2. The van der Waals surface area contributed by atoms with Gasteiger partial charge >= 0.3 is 0 Å². The predicted octanol–water partition coefficient (Wildman–Crippen LogP) is 4.59. The predicted molar refractivity (Wildman–Crippen MR) is 107 cm³/mol. The number of hydrogen-bond acceptors (Lipinski definition) is 4. The summed E-state index contributed by atoms with van der Waals surface area (Å²) in [5, 5.41) is 10.9. The fourth-order valence-electron chi connectivity index (χ4n) is 4.12. The van der Waals surface area contributed by atoms with Crippen LogP contribution in [0.1, 0.15) is 49.4 Å². The Hall–Kier alpha value is -2.82. The average Bonchev–Trinajstić information content (AvgIpc) is 2.99. The molecule has 2 aliphatic rings. The Kier molecular flexibility index (Phi) is 4.17. The average molecular weight is 363 g/mol. The van der Waals surface area contributed by atoms with E-state index in [4.69, 9.17) is 4.74 Å². The van der Waals surface area contributed by atoms with Crippen molar-refractivity contribution in [2.75, 3.05) is 12.4 Å². The van der Waals surface area contributed by atoms with Crippen LogP contribution in [0.5, 0.6) is 5.75 Å². The van der Waals surface area contributed by atoms with Gasteiger partial charge in [0.15, 0.2) is 11.6 Å². The van der Waals surface area contributed by atoms with E-state index in [2.05, 4.69) is 41.5 Å². The Labute approximate surface area is 159 Å². The van der Waals surface area contributed by atoms with Crippen molar-refractivity contribution in [1.82, 2.24) is 10.2 Å². The van der Waals surface area contributed by atoms with Crippen LogP contribution in [0.15, 0.2) is 41.6 Å². The maximum atomic E-state index is 13.0. The van der Waals surface area contributed by atoms with Gasteiger partial charge in [0.25, 0.3) is 0 Å². The van der Waals surface area contributed by atoms with E-state index in [-0.39, 0.29) is 17.1 Å². The lowest BCUT2D eigenvalue weighted by Gasteiger charge is -2.37. The number of aromatic nitrogens is 2. The number of carbonyl (C=O) groups excluding carboxylic acids is 1. The highest BCUT2D eigenvalue weighted by Crippen LogP contribution is 2.47. The monoisotopic (exact) mass is 363 g/mol. The lowest BCUT2D eigenvalue weighted by molar-refractivity contribution is -0.118. The third-order valence-electron chi connectivity index (χ3n) is 5.40. The second-order valence-corrected chi connectivity index (χ2v) is 8.18. The summed E-state index contributed by atoms with van der Waals surface area (Å²) in [5.41, 5.74) is 4.99. The number of ether oxygens (including phenoxy) is 1. The molecule has 0 saturated heterocycles. The Morgan fingerprint density at radius 2 is 1.96 bits per heavy atom. The molecule has 4 rings (SSSR count). The number of nitrogens with zero attached hydrogens (tertiary/aromatic N) is 1. The minimum Gasteiger partial charge on any atom is -0.497 e. The molecule has 1 unspecified atom stereocenters. The van der Waals surface area contributed by atoms with Gasteiger partial charge < -0.3 is 10.1 Å². The Bertz CT molecular complexity index is 948. The SMILES string of the molecule is COc1ccc(/C=C/C2C3=C(CC(C)(C)CC3=O)Nc3n[nH]c(C)c32)cc1. The highest BCUT2D eigenvalue weighted by Gasteiger charge is 2.40. The van der Waals surface area contributed by atoms with Crippen LogP contribution in [-0.2, 0) is 4.79 Å². The van der Waals surface area contributed by atoms with E-state index < -0.39 is 0 Å². The number of hydrogen-bond donors (Lipinski definition) is 2. The molecule has 1 aliphatic heterocycles. The summed E-state index contributed by atoms with van der Waals surface area (Å²) in [6.45, 7) is 6.29. The van der Waals surface area contributed by atoms with Crippen LogP contribution in [-0.4, -0.2) is 23.1 Å². The smallest absolute Gasteiger partial charge is 0.162 e. The third kappa shape index (κ3) is 3.18. The van der Waals surface area contributed by atoms with Crippen LogP contribution < -0.4 is 10.1 Å². The Morgan fingerprint density at radius 3 is 2.67 bits per heavy atom. The van der Waals surface area contributed by atoms with Crippen LogP contribution >= 0.6 is 0 Å². The first kappa shape index (κ1) is 17.6. The first-order valence-corrected chi connectivity index (χ1v) is 9.28. The molecule has 5 nitrogen and oxygen atoms in total. The number of carbonyl (C=O) groups is 1. The number of ketones is 1. The number of Topliss-reactive ketones (excluding diaryl/α,β-unsaturated/α-hetero) is 1. The van der Waals surface area contributed by atoms with Gasteiger partial charge in [-0.05, 0) is 36.5 Å². The number of aromatic amines is 1. The highest BCUT2D eigenvalue weighted by molar-refractivity contribution is 6.01. The van der Waals surface area contributed by atoms with Crippen LogP contribution in [0.2, 0.25) is 0 Å². The molecule has 2 aromatic rings. The molecular formula is C22H25N3O2. The maximum absolute atomic E-state index is 13.0. The van der Waals surface area contributed by atoms with E-state index in [1.807, 2.05) is 31.2 Å². The second-order valence-electron chi connectivity index (χ2n) is 8.18. The number of fused-ring (bicyclic) bond motifs is 1. The molecule has 2 heterocycles. The molecule has 1 aliphatic carbocycles. The van der Waals surface area contributed by atoms with Gasteiger partial charge in [0.1, 0.15) is 5.75 Å². The number of allylic oxidation sites excluding steroid dienone is 3. The molecule has 140 valence electrons. The van der Waals surface area contributed by atoms with E-state index in [1.54, 1.807) is 7.11 Å². The first-order chi connectivity index (χ1) is 12.9. The largest absolute Gasteiger partial charge is 0.497 e. The fraction of sp³-hybridized carbons (Fsp3) is 0.364. The second kappa shape index (κ2) is 6.41. The van der Waals surface area contributed by atoms with Crippen molar-refractivity contribution in [3.63, 3.8) is 0 Å². The number of nitrogens with one attached hydrogen (secondary N) is 2. The molecule has 2 N–H and O–H groups in total. The minimum atomic E-state index is -0.0827. The zero-order valence-corrected chi connectivity index (χ0v) is 16.2. The van der Waals surface area contributed by atoms with E-state index >= 15 is 0 Å². The van der Waals surface area contributed by atoms with Crippen molar-refractivity contribution in [2.24, 2.45) is 5.41 Å². The molecule has 27 heavy (non-hydrogen) atoms. The van der Waals surface area contributed by atoms with Crippen molar-refractivity contribution in [1.29, 1.82) is 0 Å². The van der Waals surface area contributed by atoms with Gasteiger partial charge in [0.05, 0.1) is 7.11 Å². The molecule has 0 amide bonds. The number of benzene rings is 1. The summed E-state index contributed by atoms with van der Waals surface area (Å²) in [5.74, 6) is 1.81. The highest BCUT2D eigenvalue weighted by atomic mass is 16.5. The van der Waals surface area contributed by atoms with Crippen molar-refractivity contribution in [3.8, 4) is 5.75 Å². The van der Waals surface area contributed by atoms with Crippen LogP contribution in [0, 0.1) is 12.3 Å². The van der Waals surface area contributed by atoms with Gasteiger partial charge in [-0.1, -0.05) is 38.1 Å². The summed E-state index contributed by atoms with van der Waals surface area (Å²) in [4.78, 5) is 13.0. The summed E-state index contributed by atoms with van der Waals surface area (Å²) < 4.78 is 5.22. The molecule has 0 fully saturated rings. The molecular weight excluding hydrogens is 338 g/mol. The Balaban J connectivity index is 1.75. The minimum absolute atomic E-state index is 0.0317. The lowest BCUT2D eigenvalue weighted by atomic mass is 9.70. The summed E-state index contributed by atoms with van der Waals surface area (Å²) in [6.07, 6.45) is 5.62. The summed E-state index contributed by atoms with van der Waals surface area (Å²) in [6, 6.07) is 7.91. The van der Waals surface area contributed by atoms with Gasteiger partial charge in [-0.15, -0.1) is 0 Å². The van der Waals surface area contributed by atoms with Crippen molar-refractivity contribution in [2.45, 2.75) is 39.5 Å². The molecule has 0 radical (unpaired) electrons. The Morgan fingerprint density at radius 1 is 1.22 bits per heavy atom. The van der Waals surface area contributed by atoms with Crippen LogP contribution in [0.4, 0.5) is 5.82 Å². The lowest BCUT2D eigenvalue weighted by Crippen LogP contribution is -2.33. The van der Waals surface area contributed by atoms with Crippen molar-refractivity contribution >= 4 is 17.7 Å². The normalized spacial score (nSPS) is 21.0. The zero-order valence-electron chi connectivity index (χ0n) is 16.2. The standard InChI is InChI=1S/C22H25N3O2/c1-13-19-16(10-7-14-5-8-15(27-4)9-6-14)20-17(23-21(19)25-24-13)11-22(2,3)12-18(20)26/h5-10,16H,11-12H2,1-4H3,(H2,23,24,25)/b10-7+. The topological polar surface area (TPSA) is 67.0 Å². The van der Waals surface area contributed by atoms with Crippen molar-refractivity contribution in [3.05, 3.63) is 58.4 Å². The number of anilines is 1. The number of rotatable bonds is 3. The number of aryl methyl sites for hydroxylation is 1. The van der Waals surface area contributed by atoms with Crippen LogP contribution in [0.25, 0.3) is 6.08 Å². The van der Waals surface area contributed by atoms with E-state index in [1.165, 1.54) is 0 Å². The van der Waals surface area contributed by atoms with Crippen LogP contribution in [0.3, 0.4) is 0 Å². The number of methoxy groups -OCH3 is 1. The molecule has 1 aromatic carbocycles. The molecule has 0 bridgehead atoms. The van der Waals surface area contributed by atoms with Gasteiger partial charge in [-0.3, -0.25) is 9.89 Å². The van der Waals surface area contributed by atoms with E-state index in [0.717, 1.165) is 46.1 Å². The fourth-order valence-corrected chi connectivity index (χ4v) is 4.12. The summed E-state index contributed by atoms with van der Waals surface area (Å²) >= 11 is 0. The van der Waals surface area contributed by atoms with Gasteiger partial charge in [-0.25, -0.2) is 0 Å². The van der Waals surface area contributed by atoms with Gasteiger partial charge in [0.2, 0.25) is 0 Å². The quantitative estimate of drug-likeness (QED) is 0.837. The molecule has 5 heteroatoms. The van der Waals surface area contributed by atoms with Crippen molar-refractivity contribution < 1.29 is 9.53 Å². The number of H-pyrrole nitrogens is 1. The maximum Gasteiger partial charge on any atom is 0.162 e.